The molecular formula is C11H11N3O4S. The summed E-state index contributed by atoms with van der Waals surface area (Å²) in [4.78, 5) is 26.1. The standard InChI is InChI=1S/C11H11N3O4S/c15-10(16)8-2-1-7(18-8)5-13-11(17)14-6-9-12-3-4-19-9/h1-4H,5-6H2,(H,15,16)(H2,13,14,17). The Kier molecular flexibility index (Phi) is 4.14. The van der Waals surface area contributed by atoms with Gasteiger partial charge in [0.1, 0.15) is 10.8 Å². The van der Waals surface area contributed by atoms with Crippen LogP contribution in [-0.2, 0) is 13.1 Å². The van der Waals surface area contributed by atoms with Gasteiger partial charge in [-0.15, -0.1) is 11.3 Å². The molecule has 2 aromatic rings. The van der Waals surface area contributed by atoms with E-state index in [9.17, 15) is 9.59 Å². The van der Waals surface area contributed by atoms with Crippen LogP contribution in [0.4, 0.5) is 4.79 Å². The first kappa shape index (κ1) is 13.1. The molecule has 7 nitrogen and oxygen atoms in total. The van der Waals surface area contributed by atoms with Gasteiger partial charge in [-0.25, -0.2) is 14.6 Å². The molecule has 0 aromatic carbocycles. The first-order valence-corrected chi connectivity index (χ1v) is 6.25. The van der Waals surface area contributed by atoms with Crippen LogP contribution in [-0.4, -0.2) is 22.1 Å². The molecule has 0 fully saturated rings. The molecule has 0 atom stereocenters. The van der Waals surface area contributed by atoms with Crippen LogP contribution in [0.3, 0.4) is 0 Å². The number of carbonyl (C=O) groups excluding carboxylic acids is 1. The largest absolute Gasteiger partial charge is 0.475 e. The summed E-state index contributed by atoms with van der Waals surface area (Å²) in [5.74, 6) is -0.915. The van der Waals surface area contributed by atoms with Crippen LogP contribution in [0, 0.1) is 0 Å². The van der Waals surface area contributed by atoms with E-state index in [4.69, 9.17) is 9.52 Å². The first-order chi connectivity index (χ1) is 9.15. The van der Waals surface area contributed by atoms with Gasteiger partial charge in [-0.3, -0.25) is 0 Å². The number of urea groups is 1. The number of rotatable bonds is 5. The zero-order valence-electron chi connectivity index (χ0n) is 9.75. The van der Waals surface area contributed by atoms with Crippen LogP contribution in [0.1, 0.15) is 21.3 Å². The van der Waals surface area contributed by atoms with Crippen LogP contribution < -0.4 is 10.6 Å². The van der Waals surface area contributed by atoms with Crippen molar-refractivity contribution < 1.29 is 19.1 Å². The summed E-state index contributed by atoms with van der Waals surface area (Å²) in [6.45, 7) is 0.471. The predicted octanol–water partition coefficient (Wildman–Crippen LogP) is 1.43. The molecule has 2 heterocycles. The summed E-state index contributed by atoms with van der Waals surface area (Å²) in [6.07, 6.45) is 1.66. The highest BCUT2D eigenvalue weighted by Crippen LogP contribution is 2.07. The lowest BCUT2D eigenvalue weighted by molar-refractivity contribution is 0.0660. The van der Waals surface area contributed by atoms with Crippen molar-refractivity contribution in [2.24, 2.45) is 0 Å². The van der Waals surface area contributed by atoms with E-state index < -0.39 is 5.97 Å². The number of carboxylic acids is 1. The normalized spacial score (nSPS) is 10.1. The smallest absolute Gasteiger partial charge is 0.371 e. The number of nitrogens with zero attached hydrogens (tertiary/aromatic N) is 1. The second-order valence-electron chi connectivity index (χ2n) is 3.53. The van der Waals surface area contributed by atoms with E-state index in [0.29, 0.717) is 12.3 Å². The van der Waals surface area contributed by atoms with Gasteiger partial charge in [-0.2, -0.15) is 0 Å². The number of carboxylic acid groups (broad SMARTS) is 1. The molecule has 8 heteroatoms. The maximum Gasteiger partial charge on any atom is 0.371 e. The van der Waals surface area contributed by atoms with Crippen LogP contribution >= 0.6 is 11.3 Å². The van der Waals surface area contributed by atoms with E-state index in [0.717, 1.165) is 5.01 Å². The van der Waals surface area contributed by atoms with Gasteiger partial charge in [0.2, 0.25) is 5.76 Å². The van der Waals surface area contributed by atoms with Gasteiger partial charge < -0.3 is 20.2 Å². The third kappa shape index (κ3) is 3.81. The van der Waals surface area contributed by atoms with Crippen LogP contribution in [0.25, 0.3) is 0 Å². The molecule has 2 aromatic heterocycles. The van der Waals surface area contributed by atoms with Crippen molar-refractivity contribution in [1.29, 1.82) is 0 Å². The topological polar surface area (TPSA) is 104 Å². The van der Waals surface area contributed by atoms with E-state index in [1.165, 1.54) is 23.5 Å². The van der Waals surface area contributed by atoms with Crippen LogP contribution in [0.5, 0.6) is 0 Å². The fourth-order valence-electron chi connectivity index (χ4n) is 1.31. The number of nitrogens with one attached hydrogen (secondary N) is 2. The fourth-order valence-corrected chi connectivity index (χ4v) is 1.87. The van der Waals surface area contributed by atoms with Crippen molar-refractivity contribution >= 4 is 23.3 Å². The average Bonchev–Trinajstić information content (AvgIpc) is 3.05. The minimum atomic E-state index is -1.14. The Morgan fingerprint density at radius 1 is 1.32 bits per heavy atom. The van der Waals surface area contributed by atoms with Gasteiger partial charge in [0, 0.05) is 11.6 Å². The zero-order valence-corrected chi connectivity index (χ0v) is 10.6. The number of hydrogen-bond donors (Lipinski definition) is 3. The Bertz CT molecular complexity index is 564. The molecule has 2 amide bonds. The number of aromatic nitrogens is 1. The highest BCUT2D eigenvalue weighted by molar-refractivity contribution is 7.09. The minimum absolute atomic E-state index is 0.122. The molecular weight excluding hydrogens is 270 g/mol. The Balaban J connectivity index is 1.75. The molecule has 0 saturated heterocycles. The highest BCUT2D eigenvalue weighted by atomic mass is 32.1. The predicted molar refractivity (Wildman–Crippen MR) is 66.9 cm³/mol. The summed E-state index contributed by atoms with van der Waals surface area (Å²) in [6, 6.07) is 2.47. The highest BCUT2D eigenvalue weighted by Gasteiger charge is 2.09. The summed E-state index contributed by atoms with van der Waals surface area (Å²) in [5, 5.41) is 16.5. The van der Waals surface area contributed by atoms with Crippen molar-refractivity contribution in [2.45, 2.75) is 13.1 Å². The second kappa shape index (κ2) is 6.01. The number of furan rings is 1. The van der Waals surface area contributed by atoms with Gasteiger partial charge in [0.15, 0.2) is 0 Å². The quantitative estimate of drug-likeness (QED) is 0.769. The average molecular weight is 281 g/mol. The van der Waals surface area contributed by atoms with Gasteiger partial charge in [-0.05, 0) is 12.1 Å². The number of thiazole rings is 1. The summed E-state index contributed by atoms with van der Waals surface area (Å²) in [7, 11) is 0. The maximum absolute atomic E-state index is 11.4. The SMILES string of the molecule is O=C(NCc1ccc(C(=O)O)o1)NCc1nccs1. The van der Waals surface area contributed by atoms with Crippen LogP contribution in [0.15, 0.2) is 28.1 Å². The van der Waals surface area contributed by atoms with Crippen molar-refractivity contribution in [2.75, 3.05) is 0 Å². The van der Waals surface area contributed by atoms with E-state index in [2.05, 4.69) is 15.6 Å². The molecule has 0 spiro atoms. The third-order valence-corrected chi connectivity index (χ3v) is 2.96. The molecule has 0 radical (unpaired) electrons. The number of carbonyl (C=O) groups is 2. The van der Waals surface area contributed by atoms with Crippen molar-refractivity contribution in [3.05, 3.63) is 40.2 Å². The van der Waals surface area contributed by atoms with E-state index in [1.807, 2.05) is 5.38 Å². The van der Waals surface area contributed by atoms with E-state index in [-0.39, 0.29) is 18.3 Å². The second-order valence-corrected chi connectivity index (χ2v) is 4.51. The summed E-state index contributed by atoms with van der Waals surface area (Å²) in [5.41, 5.74) is 0. The molecule has 0 bridgehead atoms. The number of hydrogen-bond acceptors (Lipinski definition) is 5. The molecule has 0 aliphatic carbocycles. The van der Waals surface area contributed by atoms with Crippen LogP contribution in [0.2, 0.25) is 0 Å². The minimum Gasteiger partial charge on any atom is -0.475 e. The maximum atomic E-state index is 11.4. The third-order valence-electron chi connectivity index (χ3n) is 2.18. The van der Waals surface area contributed by atoms with Gasteiger partial charge >= 0.3 is 12.0 Å². The molecule has 0 aliphatic rings. The molecule has 100 valence electrons. The Hall–Kier alpha value is -2.35. The number of amides is 2. The summed E-state index contributed by atoms with van der Waals surface area (Å²) >= 11 is 1.45. The van der Waals surface area contributed by atoms with Crippen molar-refractivity contribution in [3.63, 3.8) is 0 Å². The molecule has 0 saturated carbocycles. The number of aromatic carboxylic acids is 1. The Morgan fingerprint density at radius 2 is 2.11 bits per heavy atom. The molecule has 2 rings (SSSR count). The Labute approximate surface area is 112 Å². The Morgan fingerprint density at radius 3 is 2.74 bits per heavy atom. The van der Waals surface area contributed by atoms with E-state index >= 15 is 0 Å². The molecule has 3 N–H and O–H groups in total. The molecule has 0 unspecified atom stereocenters. The lowest BCUT2D eigenvalue weighted by Crippen LogP contribution is -2.34. The lowest BCUT2D eigenvalue weighted by Gasteiger charge is -2.04. The fraction of sp³-hybridized carbons (Fsp3) is 0.182. The van der Waals surface area contributed by atoms with Gasteiger partial charge in [-0.1, -0.05) is 0 Å². The molecule has 0 aliphatic heterocycles. The van der Waals surface area contributed by atoms with Gasteiger partial charge in [0.05, 0.1) is 13.1 Å². The zero-order chi connectivity index (χ0) is 13.7. The van der Waals surface area contributed by atoms with E-state index in [1.54, 1.807) is 6.20 Å². The van der Waals surface area contributed by atoms with Crippen molar-refractivity contribution in [3.8, 4) is 0 Å². The summed E-state index contributed by atoms with van der Waals surface area (Å²) < 4.78 is 4.99. The van der Waals surface area contributed by atoms with Gasteiger partial charge in [0.25, 0.3) is 0 Å². The van der Waals surface area contributed by atoms with Crippen molar-refractivity contribution in [1.82, 2.24) is 15.6 Å². The lowest BCUT2D eigenvalue weighted by atomic mass is 10.4. The molecule has 19 heavy (non-hydrogen) atoms. The monoisotopic (exact) mass is 281 g/mol. The first-order valence-electron chi connectivity index (χ1n) is 5.37.